The van der Waals surface area contributed by atoms with Gasteiger partial charge in [-0.05, 0) is 38.5 Å². The summed E-state index contributed by atoms with van der Waals surface area (Å²) in [6.45, 7) is 1.97. The van der Waals surface area contributed by atoms with E-state index in [1.54, 1.807) is 0 Å². The molecule has 0 spiro atoms. The molecule has 0 radical (unpaired) electrons. The highest BCUT2D eigenvalue weighted by Crippen LogP contribution is 2.41. The van der Waals surface area contributed by atoms with Crippen molar-refractivity contribution < 1.29 is 5.11 Å². The van der Waals surface area contributed by atoms with Gasteiger partial charge in [-0.15, -0.1) is 0 Å². The Bertz CT molecular complexity index is 108. The van der Waals surface area contributed by atoms with Crippen molar-refractivity contribution >= 4 is 15.9 Å². The van der Waals surface area contributed by atoms with E-state index in [0.717, 1.165) is 18.2 Å². The van der Waals surface area contributed by atoms with Crippen LogP contribution in [0, 0.1) is 5.92 Å². The molecule has 0 amide bonds. The lowest BCUT2D eigenvalue weighted by Gasteiger charge is -2.21. The van der Waals surface area contributed by atoms with Gasteiger partial charge in [-0.25, -0.2) is 0 Å². The number of alkyl halides is 1. The molecule has 1 unspecified atom stereocenters. The Morgan fingerprint density at radius 1 is 1.60 bits per heavy atom. The smallest absolute Gasteiger partial charge is 0.0648 e. The van der Waals surface area contributed by atoms with Crippen LogP contribution in [0.5, 0.6) is 0 Å². The second kappa shape index (κ2) is 3.22. The molecule has 0 aromatic carbocycles. The monoisotopic (exact) mass is 206 g/mol. The highest BCUT2D eigenvalue weighted by atomic mass is 79.9. The van der Waals surface area contributed by atoms with Crippen LogP contribution < -0.4 is 0 Å². The Morgan fingerprint density at radius 3 is 2.60 bits per heavy atom. The Kier molecular flexibility index (Phi) is 2.75. The average Bonchev–Trinajstić information content (AvgIpc) is 2.64. The van der Waals surface area contributed by atoms with Crippen LogP contribution in [0.2, 0.25) is 0 Å². The minimum absolute atomic E-state index is 0.367. The van der Waals surface area contributed by atoms with E-state index < -0.39 is 0 Å². The van der Waals surface area contributed by atoms with Crippen molar-refractivity contribution in [3.63, 3.8) is 0 Å². The highest BCUT2D eigenvalue weighted by Gasteiger charge is 2.38. The molecule has 1 aliphatic carbocycles. The summed E-state index contributed by atoms with van der Waals surface area (Å²) in [6.07, 6.45) is 4.50. The fraction of sp³-hybridized carbons (Fsp3) is 1.00. The molecule has 1 N–H and O–H groups in total. The Hall–Kier alpha value is 0.440. The molecule has 1 saturated carbocycles. The van der Waals surface area contributed by atoms with Crippen LogP contribution in [-0.2, 0) is 0 Å². The summed E-state index contributed by atoms with van der Waals surface area (Å²) < 4.78 is 0. The molecule has 1 atom stereocenters. The van der Waals surface area contributed by atoms with Crippen LogP contribution in [0.1, 0.15) is 32.6 Å². The maximum atomic E-state index is 9.76. The predicted octanol–water partition coefficient (Wildman–Crippen LogP) is 2.32. The first kappa shape index (κ1) is 8.54. The largest absolute Gasteiger partial charge is 0.390 e. The normalized spacial score (nSPS) is 24.3. The zero-order valence-electron chi connectivity index (χ0n) is 6.44. The Morgan fingerprint density at radius 2 is 2.20 bits per heavy atom. The molecular formula is C8H15BrO. The molecule has 60 valence electrons. The van der Waals surface area contributed by atoms with E-state index in [1.165, 1.54) is 12.8 Å². The minimum Gasteiger partial charge on any atom is -0.390 e. The molecule has 0 bridgehead atoms. The summed E-state index contributed by atoms with van der Waals surface area (Å²) in [6, 6.07) is 0. The average molecular weight is 207 g/mol. The van der Waals surface area contributed by atoms with E-state index in [1.807, 2.05) is 6.92 Å². The minimum atomic E-state index is -0.367. The van der Waals surface area contributed by atoms with E-state index >= 15 is 0 Å². The molecule has 0 saturated heterocycles. The van der Waals surface area contributed by atoms with Crippen LogP contribution in [0.25, 0.3) is 0 Å². The summed E-state index contributed by atoms with van der Waals surface area (Å²) in [7, 11) is 0. The SMILES string of the molecule is CC(O)(CCCBr)C1CC1. The molecule has 10 heavy (non-hydrogen) atoms. The Labute approximate surface area is 70.9 Å². The second-order valence-electron chi connectivity index (χ2n) is 3.42. The summed E-state index contributed by atoms with van der Waals surface area (Å²) >= 11 is 3.36. The standard InChI is InChI=1S/C8H15BrO/c1-8(10,5-2-6-9)7-3-4-7/h7,10H,2-6H2,1H3. The zero-order chi connectivity index (χ0) is 7.61. The number of hydrogen-bond acceptors (Lipinski definition) is 1. The van der Waals surface area contributed by atoms with Gasteiger partial charge in [0.05, 0.1) is 5.60 Å². The number of hydrogen-bond donors (Lipinski definition) is 1. The molecule has 0 heterocycles. The van der Waals surface area contributed by atoms with Gasteiger partial charge >= 0.3 is 0 Å². The predicted molar refractivity (Wildman–Crippen MR) is 46.4 cm³/mol. The van der Waals surface area contributed by atoms with Crippen LogP contribution in [-0.4, -0.2) is 16.0 Å². The zero-order valence-corrected chi connectivity index (χ0v) is 8.02. The van der Waals surface area contributed by atoms with Crippen molar-refractivity contribution in [2.75, 3.05) is 5.33 Å². The molecule has 1 aliphatic rings. The van der Waals surface area contributed by atoms with Crippen molar-refractivity contribution in [2.45, 2.75) is 38.2 Å². The maximum absolute atomic E-state index is 9.76. The summed E-state index contributed by atoms with van der Waals surface area (Å²) in [5.41, 5.74) is -0.367. The van der Waals surface area contributed by atoms with Gasteiger partial charge in [-0.1, -0.05) is 15.9 Å². The van der Waals surface area contributed by atoms with E-state index in [2.05, 4.69) is 15.9 Å². The molecule has 1 fully saturated rings. The third-order valence-corrected chi connectivity index (χ3v) is 2.83. The third kappa shape index (κ3) is 2.24. The van der Waals surface area contributed by atoms with Gasteiger partial charge < -0.3 is 5.11 Å². The maximum Gasteiger partial charge on any atom is 0.0648 e. The first-order chi connectivity index (χ1) is 4.67. The van der Waals surface area contributed by atoms with Crippen LogP contribution in [0.4, 0.5) is 0 Å². The first-order valence-corrected chi connectivity index (χ1v) is 5.07. The second-order valence-corrected chi connectivity index (χ2v) is 4.22. The van der Waals surface area contributed by atoms with Gasteiger partial charge in [0.25, 0.3) is 0 Å². The number of rotatable bonds is 4. The van der Waals surface area contributed by atoms with Crippen molar-refractivity contribution in [1.29, 1.82) is 0 Å². The molecular weight excluding hydrogens is 192 g/mol. The quantitative estimate of drug-likeness (QED) is 0.701. The lowest BCUT2D eigenvalue weighted by molar-refractivity contribution is 0.0277. The van der Waals surface area contributed by atoms with Crippen LogP contribution >= 0.6 is 15.9 Å². The molecule has 0 aliphatic heterocycles. The number of aliphatic hydroxyl groups is 1. The van der Waals surface area contributed by atoms with E-state index in [4.69, 9.17) is 0 Å². The van der Waals surface area contributed by atoms with Gasteiger partial charge in [-0.2, -0.15) is 0 Å². The summed E-state index contributed by atoms with van der Waals surface area (Å²) in [4.78, 5) is 0. The number of halogens is 1. The van der Waals surface area contributed by atoms with Crippen molar-refractivity contribution in [3.8, 4) is 0 Å². The van der Waals surface area contributed by atoms with Crippen LogP contribution in [0.3, 0.4) is 0 Å². The van der Waals surface area contributed by atoms with Gasteiger partial charge in [0.2, 0.25) is 0 Å². The first-order valence-electron chi connectivity index (χ1n) is 3.95. The molecule has 0 aromatic heterocycles. The van der Waals surface area contributed by atoms with E-state index in [-0.39, 0.29) is 5.60 Å². The lowest BCUT2D eigenvalue weighted by Crippen LogP contribution is -2.26. The van der Waals surface area contributed by atoms with Gasteiger partial charge in [0.15, 0.2) is 0 Å². The fourth-order valence-electron chi connectivity index (χ4n) is 1.33. The topological polar surface area (TPSA) is 20.2 Å². The van der Waals surface area contributed by atoms with E-state index in [0.29, 0.717) is 5.92 Å². The van der Waals surface area contributed by atoms with Gasteiger partial charge in [-0.3, -0.25) is 0 Å². The molecule has 2 heteroatoms. The molecule has 1 rings (SSSR count). The fourth-order valence-corrected chi connectivity index (χ4v) is 1.61. The third-order valence-electron chi connectivity index (χ3n) is 2.27. The van der Waals surface area contributed by atoms with Crippen molar-refractivity contribution in [1.82, 2.24) is 0 Å². The summed E-state index contributed by atoms with van der Waals surface area (Å²) in [5, 5.41) is 10.8. The van der Waals surface area contributed by atoms with Crippen molar-refractivity contribution in [3.05, 3.63) is 0 Å². The lowest BCUT2D eigenvalue weighted by atomic mass is 9.95. The van der Waals surface area contributed by atoms with Gasteiger partial charge in [0, 0.05) is 5.33 Å². The van der Waals surface area contributed by atoms with Crippen LogP contribution in [0.15, 0.2) is 0 Å². The molecule has 0 aromatic rings. The van der Waals surface area contributed by atoms with Crippen molar-refractivity contribution in [2.24, 2.45) is 5.92 Å². The van der Waals surface area contributed by atoms with E-state index in [9.17, 15) is 5.11 Å². The summed E-state index contributed by atoms with van der Waals surface area (Å²) in [5.74, 6) is 0.603. The molecule has 1 nitrogen and oxygen atoms in total. The van der Waals surface area contributed by atoms with Gasteiger partial charge in [0.1, 0.15) is 0 Å². The highest BCUT2D eigenvalue weighted by molar-refractivity contribution is 9.09. The Balaban J connectivity index is 2.20.